The average Bonchev–Trinajstić information content (AvgIpc) is 2.03. The number of rotatable bonds is 2. The second-order valence-corrected chi connectivity index (χ2v) is 2.22. The van der Waals surface area contributed by atoms with Crippen LogP contribution in [-0.2, 0) is 0 Å². The van der Waals surface area contributed by atoms with Crippen molar-refractivity contribution in [2.24, 2.45) is 5.73 Å². The molecule has 4 N–H and O–H groups in total. The Kier molecular flexibility index (Phi) is 2.40. The lowest BCUT2D eigenvalue weighted by Crippen LogP contribution is -2.16. The van der Waals surface area contributed by atoms with Gasteiger partial charge < -0.3 is 15.8 Å². The highest BCUT2D eigenvalue weighted by Gasteiger charge is 2.03. The van der Waals surface area contributed by atoms with Crippen LogP contribution < -0.4 is 11.3 Å². The molecule has 0 saturated heterocycles. The molecule has 1 heterocycles. The Morgan fingerprint density at radius 2 is 2.36 bits per heavy atom. The van der Waals surface area contributed by atoms with Crippen molar-refractivity contribution < 1.29 is 5.11 Å². The topological polar surface area (TPSA) is 79.1 Å². The molecule has 0 amide bonds. The molecule has 0 aromatic carbocycles. The molecule has 4 heteroatoms. The van der Waals surface area contributed by atoms with Gasteiger partial charge in [-0.15, -0.1) is 0 Å². The maximum Gasteiger partial charge on any atom is 0.248 e. The molecular formula is C7H10N2O2. The van der Waals surface area contributed by atoms with Crippen LogP contribution in [0.25, 0.3) is 0 Å². The number of H-pyrrole nitrogens is 1. The first-order valence-electron chi connectivity index (χ1n) is 3.31. The molecule has 1 atom stereocenters. The quantitative estimate of drug-likeness (QED) is 0.530. The number of aromatic nitrogens is 1. The summed E-state index contributed by atoms with van der Waals surface area (Å²) in [5.74, 6) is 0. The molecule has 0 aliphatic rings. The van der Waals surface area contributed by atoms with Gasteiger partial charge in [-0.1, -0.05) is 6.07 Å². The molecule has 1 aromatic rings. The van der Waals surface area contributed by atoms with Crippen LogP contribution in [-0.4, -0.2) is 16.6 Å². The van der Waals surface area contributed by atoms with Crippen molar-refractivity contribution >= 4 is 0 Å². The molecule has 1 rings (SSSR count). The fourth-order valence-electron chi connectivity index (χ4n) is 0.786. The van der Waals surface area contributed by atoms with Gasteiger partial charge in [0.15, 0.2) is 0 Å². The summed E-state index contributed by atoms with van der Waals surface area (Å²) in [5.41, 5.74) is 5.41. The van der Waals surface area contributed by atoms with Gasteiger partial charge in [0.1, 0.15) is 6.10 Å². The summed E-state index contributed by atoms with van der Waals surface area (Å²) in [7, 11) is 0. The minimum absolute atomic E-state index is 0.111. The van der Waals surface area contributed by atoms with Crippen molar-refractivity contribution in [3.8, 4) is 0 Å². The number of nitrogens with two attached hydrogens (primary N) is 1. The van der Waals surface area contributed by atoms with E-state index in [1.807, 2.05) is 0 Å². The maximum absolute atomic E-state index is 10.7. The summed E-state index contributed by atoms with van der Waals surface area (Å²) in [4.78, 5) is 13.2. The Balaban J connectivity index is 2.96. The Labute approximate surface area is 63.7 Å². The first-order valence-corrected chi connectivity index (χ1v) is 3.31. The fourth-order valence-corrected chi connectivity index (χ4v) is 0.786. The zero-order chi connectivity index (χ0) is 8.27. The van der Waals surface area contributed by atoms with Gasteiger partial charge in [-0.3, -0.25) is 4.79 Å². The van der Waals surface area contributed by atoms with Crippen LogP contribution in [0.1, 0.15) is 11.8 Å². The molecule has 0 spiro atoms. The van der Waals surface area contributed by atoms with Crippen LogP contribution in [0.3, 0.4) is 0 Å². The van der Waals surface area contributed by atoms with Crippen molar-refractivity contribution in [1.82, 2.24) is 4.98 Å². The molecule has 1 unspecified atom stereocenters. The summed E-state index contributed by atoms with van der Waals surface area (Å²) >= 11 is 0. The summed E-state index contributed by atoms with van der Waals surface area (Å²) < 4.78 is 0. The number of aliphatic hydroxyl groups is 1. The normalized spacial score (nSPS) is 12.9. The lowest BCUT2D eigenvalue weighted by atomic mass is 10.2. The molecular weight excluding hydrogens is 144 g/mol. The van der Waals surface area contributed by atoms with Crippen molar-refractivity contribution in [2.45, 2.75) is 6.10 Å². The zero-order valence-electron chi connectivity index (χ0n) is 5.95. The molecule has 0 aliphatic carbocycles. The van der Waals surface area contributed by atoms with E-state index < -0.39 is 6.10 Å². The van der Waals surface area contributed by atoms with Crippen molar-refractivity contribution in [3.05, 3.63) is 34.2 Å². The largest absolute Gasteiger partial charge is 0.386 e. The number of hydrogen-bond acceptors (Lipinski definition) is 3. The minimum Gasteiger partial charge on any atom is -0.386 e. The lowest BCUT2D eigenvalue weighted by molar-refractivity contribution is 0.181. The molecule has 1 aromatic heterocycles. The van der Waals surface area contributed by atoms with Crippen LogP contribution in [0, 0.1) is 0 Å². The summed E-state index contributed by atoms with van der Waals surface area (Å²) in [6, 6.07) is 4.58. The van der Waals surface area contributed by atoms with E-state index in [4.69, 9.17) is 10.8 Å². The molecule has 60 valence electrons. The van der Waals surface area contributed by atoms with E-state index in [0.29, 0.717) is 5.69 Å². The van der Waals surface area contributed by atoms with Crippen molar-refractivity contribution in [2.75, 3.05) is 6.54 Å². The smallest absolute Gasteiger partial charge is 0.248 e. The predicted molar refractivity (Wildman–Crippen MR) is 41.1 cm³/mol. The summed E-state index contributed by atoms with van der Waals surface area (Å²) in [6.45, 7) is 0.111. The van der Waals surface area contributed by atoms with Gasteiger partial charge in [0.2, 0.25) is 5.56 Å². The van der Waals surface area contributed by atoms with Gasteiger partial charge in [-0.2, -0.15) is 0 Å². The molecule has 0 bridgehead atoms. The van der Waals surface area contributed by atoms with Crippen LogP contribution in [0.15, 0.2) is 23.0 Å². The zero-order valence-corrected chi connectivity index (χ0v) is 5.95. The van der Waals surface area contributed by atoms with E-state index in [0.717, 1.165) is 0 Å². The van der Waals surface area contributed by atoms with E-state index in [1.54, 1.807) is 12.1 Å². The van der Waals surface area contributed by atoms with Gasteiger partial charge in [0, 0.05) is 18.3 Å². The molecule has 0 fully saturated rings. The van der Waals surface area contributed by atoms with Gasteiger partial charge >= 0.3 is 0 Å². The van der Waals surface area contributed by atoms with E-state index in [9.17, 15) is 4.79 Å². The highest BCUT2D eigenvalue weighted by atomic mass is 16.3. The second-order valence-electron chi connectivity index (χ2n) is 2.22. The first-order chi connectivity index (χ1) is 5.24. The van der Waals surface area contributed by atoms with Crippen LogP contribution in [0.2, 0.25) is 0 Å². The van der Waals surface area contributed by atoms with E-state index >= 15 is 0 Å². The Bertz CT molecular complexity index is 282. The van der Waals surface area contributed by atoms with Crippen LogP contribution in [0.4, 0.5) is 0 Å². The van der Waals surface area contributed by atoms with Crippen molar-refractivity contribution in [3.63, 3.8) is 0 Å². The number of aliphatic hydroxyl groups excluding tert-OH is 1. The average molecular weight is 154 g/mol. The standard InChI is InChI=1S/C7H10N2O2/c8-4-6(10)5-2-1-3-7(11)9-5/h1-3,6,10H,4,8H2,(H,9,11). The summed E-state index contributed by atoms with van der Waals surface area (Å²) in [6.07, 6.45) is -0.774. The molecule has 4 nitrogen and oxygen atoms in total. The molecule has 11 heavy (non-hydrogen) atoms. The van der Waals surface area contributed by atoms with Crippen molar-refractivity contribution in [1.29, 1.82) is 0 Å². The highest BCUT2D eigenvalue weighted by molar-refractivity contribution is 5.06. The van der Waals surface area contributed by atoms with Crippen LogP contribution in [0.5, 0.6) is 0 Å². The molecule has 0 radical (unpaired) electrons. The Morgan fingerprint density at radius 1 is 1.64 bits per heavy atom. The monoisotopic (exact) mass is 154 g/mol. The Morgan fingerprint density at radius 3 is 2.91 bits per heavy atom. The third-order valence-corrected chi connectivity index (χ3v) is 1.37. The van der Waals surface area contributed by atoms with Gasteiger partial charge in [0.25, 0.3) is 0 Å². The lowest BCUT2D eigenvalue weighted by Gasteiger charge is -2.05. The SMILES string of the molecule is NCC(O)c1cccc(=O)[nH]1. The van der Waals surface area contributed by atoms with E-state index in [2.05, 4.69) is 4.98 Å². The minimum atomic E-state index is -0.774. The van der Waals surface area contributed by atoms with Gasteiger partial charge in [0.05, 0.1) is 0 Å². The fraction of sp³-hybridized carbons (Fsp3) is 0.286. The van der Waals surface area contributed by atoms with Crippen LogP contribution >= 0.6 is 0 Å². The number of pyridine rings is 1. The van der Waals surface area contributed by atoms with Gasteiger partial charge in [-0.25, -0.2) is 0 Å². The molecule has 0 saturated carbocycles. The summed E-state index contributed by atoms with van der Waals surface area (Å²) in [5, 5.41) is 9.16. The maximum atomic E-state index is 10.7. The second kappa shape index (κ2) is 3.32. The number of hydrogen-bond donors (Lipinski definition) is 3. The third kappa shape index (κ3) is 1.89. The third-order valence-electron chi connectivity index (χ3n) is 1.37. The molecule has 0 aliphatic heterocycles. The predicted octanol–water partition coefficient (Wildman–Crippen LogP) is -0.633. The van der Waals surface area contributed by atoms with Gasteiger partial charge in [-0.05, 0) is 6.07 Å². The Hall–Kier alpha value is -1.13. The first kappa shape index (κ1) is 7.97. The van der Waals surface area contributed by atoms with E-state index in [1.165, 1.54) is 6.07 Å². The number of aromatic amines is 1. The highest BCUT2D eigenvalue weighted by Crippen LogP contribution is 2.03. The van der Waals surface area contributed by atoms with E-state index in [-0.39, 0.29) is 12.1 Å². The number of nitrogens with one attached hydrogen (secondary N) is 1.